The number of carbonyl (C=O) groups is 1. The van der Waals surface area contributed by atoms with Gasteiger partial charge in [0, 0.05) is 24.9 Å². The second kappa shape index (κ2) is 12.5. The van der Waals surface area contributed by atoms with Crippen LogP contribution in [-0.4, -0.2) is 57.1 Å². The maximum Gasteiger partial charge on any atom is 0.343 e. The van der Waals surface area contributed by atoms with Crippen LogP contribution in [0, 0.1) is 10.1 Å². The SMILES string of the molecule is COCCOCCOC[C@H](C)Nc1ccc(C(=O)Oc2cccc([N+](=O)[O-])c2)cc1. The van der Waals surface area contributed by atoms with E-state index in [1.165, 1.54) is 24.3 Å². The number of carbonyl (C=O) groups excluding carboxylic acids is 1. The molecule has 0 radical (unpaired) electrons. The van der Waals surface area contributed by atoms with Gasteiger partial charge < -0.3 is 24.3 Å². The maximum absolute atomic E-state index is 12.2. The molecule has 0 unspecified atom stereocenters. The van der Waals surface area contributed by atoms with Crippen molar-refractivity contribution < 1.29 is 28.7 Å². The fourth-order valence-corrected chi connectivity index (χ4v) is 2.48. The van der Waals surface area contributed by atoms with E-state index < -0.39 is 10.9 Å². The first kappa shape index (κ1) is 23.3. The van der Waals surface area contributed by atoms with Gasteiger partial charge in [-0.05, 0) is 37.3 Å². The molecule has 1 N–H and O–H groups in total. The monoisotopic (exact) mass is 418 g/mol. The van der Waals surface area contributed by atoms with Crippen molar-refractivity contribution in [2.75, 3.05) is 45.5 Å². The van der Waals surface area contributed by atoms with Gasteiger partial charge in [-0.3, -0.25) is 10.1 Å². The van der Waals surface area contributed by atoms with E-state index in [2.05, 4.69) is 5.32 Å². The first-order chi connectivity index (χ1) is 14.5. The Kier molecular flexibility index (Phi) is 9.72. The van der Waals surface area contributed by atoms with Crippen molar-refractivity contribution in [3.63, 3.8) is 0 Å². The largest absolute Gasteiger partial charge is 0.423 e. The summed E-state index contributed by atoms with van der Waals surface area (Å²) in [5.41, 5.74) is 1.02. The van der Waals surface area contributed by atoms with E-state index in [-0.39, 0.29) is 17.5 Å². The second-order valence-corrected chi connectivity index (χ2v) is 6.45. The molecule has 0 amide bonds. The molecular weight excluding hydrogens is 392 g/mol. The number of methoxy groups -OCH3 is 1. The minimum absolute atomic E-state index is 0.0617. The van der Waals surface area contributed by atoms with E-state index in [4.69, 9.17) is 18.9 Å². The van der Waals surface area contributed by atoms with Crippen LogP contribution in [0.15, 0.2) is 48.5 Å². The summed E-state index contributed by atoms with van der Waals surface area (Å²) < 4.78 is 21.0. The lowest BCUT2D eigenvalue weighted by Gasteiger charge is -2.16. The lowest BCUT2D eigenvalue weighted by Crippen LogP contribution is -2.23. The number of nitro groups is 1. The summed E-state index contributed by atoms with van der Waals surface area (Å²) >= 11 is 0. The van der Waals surface area contributed by atoms with Crippen LogP contribution in [0.3, 0.4) is 0 Å². The number of nitro benzene ring substituents is 1. The Hall–Kier alpha value is -3.01. The molecule has 0 aliphatic heterocycles. The third-order valence-corrected chi connectivity index (χ3v) is 3.94. The average Bonchev–Trinajstić information content (AvgIpc) is 2.73. The smallest absolute Gasteiger partial charge is 0.343 e. The normalized spacial score (nSPS) is 11.7. The Morgan fingerprint density at radius 1 is 1.07 bits per heavy atom. The zero-order valence-corrected chi connectivity index (χ0v) is 17.0. The molecule has 2 aromatic rings. The average molecular weight is 418 g/mol. The highest BCUT2D eigenvalue weighted by atomic mass is 16.6. The zero-order valence-electron chi connectivity index (χ0n) is 17.0. The van der Waals surface area contributed by atoms with Crippen LogP contribution < -0.4 is 10.1 Å². The fraction of sp³-hybridized carbons (Fsp3) is 0.381. The summed E-state index contributed by atoms with van der Waals surface area (Å²) in [6, 6.07) is 12.3. The van der Waals surface area contributed by atoms with Crippen molar-refractivity contribution in [3.8, 4) is 5.75 Å². The Balaban J connectivity index is 1.76. The van der Waals surface area contributed by atoms with Crippen LogP contribution in [0.4, 0.5) is 11.4 Å². The first-order valence-electron chi connectivity index (χ1n) is 9.47. The second-order valence-electron chi connectivity index (χ2n) is 6.45. The number of ether oxygens (including phenoxy) is 4. The molecule has 30 heavy (non-hydrogen) atoms. The zero-order chi connectivity index (χ0) is 21.8. The van der Waals surface area contributed by atoms with Gasteiger partial charge in [0.05, 0.1) is 49.6 Å². The van der Waals surface area contributed by atoms with Crippen LogP contribution in [0.25, 0.3) is 0 Å². The molecule has 9 nitrogen and oxygen atoms in total. The van der Waals surface area contributed by atoms with Gasteiger partial charge in [0.15, 0.2) is 0 Å². The minimum atomic E-state index is -0.591. The van der Waals surface area contributed by atoms with Crippen molar-refractivity contribution in [2.24, 2.45) is 0 Å². The highest BCUT2D eigenvalue weighted by molar-refractivity contribution is 5.91. The lowest BCUT2D eigenvalue weighted by molar-refractivity contribution is -0.384. The first-order valence-corrected chi connectivity index (χ1v) is 9.47. The predicted octanol–water partition coefficient (Wildman–Crippen LogP) is 3.29. The van der Waals surface area contributed by atoms with E-state index in [1.54, 1.807) is 31.4 Å². The van der Waals surface area contributed by atoms with Crippen molar-refractivity contribution >= 4 is 17.3 Å². The quantitative estimate of drug-likeness (QED) is 0.174. The van der Waals surface area contributed by atoms with Gasteiger partial charge in [-0.25, -0.2) is 4.79 Å². The summed E-state index contributed by atoms with van der Waals surface area (Å²) in [5, 5.41) is 14.1. The molecule has 0 aromatic heterocycles. The van der Waals surface area contributed by atoms with Crippen molar-refractivity contribution in [2.45, 2.75) is 13.0 Å². The molecule has 0 aliphatic carbocycles. The molecule has 2 aromatic carbocycles. The molecule has 0 aliphatic rings. The topological polar surface area (TPSA) is 109 Å². The third kappa shape index (κ3) is 8.16. The Morgan fingerprint density at radius 3 is 2.47 bits per heavy atom. The highest BCUT2D eigenvalue weighted by Gasteiger charge is 2.12. The summed E-state index contributed by atoms with van der Waals surface area (Å²) in [7, 11) is 1.62. The van der Waals surface area contributed by atoms with Gasteiger partial charge in [0.1, 0.15) is 5.75 Å². The van der Waals surface area contributed by atoms with Crippen LogP contribution >= 0.6 is 0 Å². The molecule has 0 saturated heterocycles. The molecule has 0 heterocycles. The van der Waals surface area contributed by atoms with Gasteiger partial charge in [0.2, 0.25) is 0 Å². The van der Waals surface area contributed by atoms with E-state index in [9.17, 15) is 14.9 Å². The number of hydrogen-bond donors (Lipinski definition) is 1. The number of non-ortho nitro benzene ring substituents is 1. The van der Waals surface area contributed by atoms with Gasteiger partial charge in [-0.15, -0.1) is 0 Å². The number of esters is 1. The summed E-state index contributed by atoms with van der Waals surface area (Å²) in [6.45, 7) is 4.60. The van der Waals surface area contributed by atoms with Crippen LogP contribution in [0.2, 0.25) is 0 Å². The Labute approximate surface area is 175 Å². The molecule has 162 valence electrons. The van der Waals surface area contributed by atoms with Crippen molar-refractivity contribution in [3.05, 3.63) is 64.2 Å². The minimum Gasteiger partial charge on any atom is -0.423 e. The number of nitrogens with zero attached hydrogens (tertiary/aromatic N) is 1. The van der Waals surface area contributed by atoms with Crippen LogP contribution in [0.1, 0.15) is 17.3 Å². The van der Waals surface area contributed by atoms with E-state index in [1.807, 2.05) is 6.92 Å². The van der Waals surface area contributed by atoms with Crippen LogP contribution in [-0.2, 0) is 14.2 Å². The Bertz CT molecular complexity index is 811. The molecule has 0 saturated carbocycles. The Morgan fingerprint density at radius 2 is 1.77 bits per heavy atom. The van der Waals surface area contributed by atoms with Crippen molar-refractivity contribution in [1.29, 1.82) is 0 Å². The molecule has 9 heteroatoms. The predicted molar refractivity (Wildman–Crippen MR) is 111 cm³/mol. The summed E-state index contributed by atoms with van der Waals surface area (Å²) in [5.74, 6) is -0.472. The summed E-state index contributed by atoms with van der Waals surface area (Å²) in [4.78, 5) is 22.5. The summed E-state index contributed by atoms with van der Waals surface area (Å²) in [6.07, 6.45) is 0. The van der Waals surface area contributed by atoms with E-state index in [0.717, 1.165) is 5.69 Å². The molecule has 0 fully saturated rings. The third-order valence-electron chi connectivity index (χ3n) is 3.94. The fourth-order valence-electron chi connectivity index (χ4n) is 2.48. The van der Waals surface area contributed by atoms with Crippen LogP contribution in [0.5, 0.6) is 5.75 Å². The molecule has 0 spiro atoms. The number of hydrogen-bond acceptors (Lipinski definition) is 8. The standard InChI is InChI=1S/C21H26N2O7/c1-16(15-29-13-12-28-11-10-27-2)22-18-8-6-17(7-9-18)21(24)30-20-5-3-4-19(14-20)23(25)26/h3-9,14,16,22H,10-13,15H2,1-2H3/t16-/m0/s1. The van der Waals surface area contributed by atoms with Gasteiger partial charge in [0.25, 0.3) is 5.69 Å². The number of anilines is 1. The van der Waals surface area contributed by atoms with Gasteiger partial charge >= 0.3 is 5.97 Å². The number of benzene rings is 2. The van der Waals surface area contributed by atoms with Crippen molar-refractivity contribution in [1.82, 2.24) is 0 Å². The maximum atomic E-state index is 12.2. The molecule has 0 bridgehead atoms. The molecular formula is C21H26N2O7. The number of rotatable bonds is 13. The molecule has 1 atom stereocenters. The van der Waals surface area contributed by atoms with Gasteiger partial charge in [-0.2, -0.15) is 0 Å². The number of nitrogens with one attached hydrogen (secondary N) is 1. The van der Waals surface area contributed by atoms with E-state index >= 15 is 0 Å². The highest BCUT2D eigenvalue weighted by Crippen LogP contribution is 2.20. The van der Waals surface area contributed by atoms with Gasteiger partial charge in [-0.1, -0.05) is 6.07 Å². The lowest BCUT2D eigenvalue weighted by atomic mass is 10.2. The van der Waals surface area contributed by atoms with E-state index in [0.29, 0.717) is 38.6 Å². The molecule has 2 rings (SSSR count).